The quantitative estimate of drug-likeness (QED) is 0.271. The molecule has 36 heavy (non-hydrogen) atoms. The van der Waals surface area contributed by atoms with Crippen molar-refractivity contribution in [1.29, 1.82) is 0 Å². The van der Waals surface area contributed by atoms with Crippen molar-refractivity contribution in [2.75, 3.05) is 0 Å². The molecule has 200 valence electrons. The summed E-state index contributed by atoms with van der Waals surface area (Å²) >= 11 is 13.6. The molecule has 10 N–H and O–H groups in total. The number of thiocarbonyl (C=S) groups is 2. The lowest BCUT2D eigenvalue weighted by atomic mass is 10.0. The molecule has 0 aliphatic rings. The number of halogens is 2. The van der Waals surface area contributed by atoms with Gasteiger partial charge in [0.1, 0.15) is 17.3 Å². The standard InChI is InChI=1S/C19H17ClFNO3S.2CH3NOS.CH4.H2O/c1-2-5-13-11-15(14-6-3-4-7-18(14)26(22,23)24)19(25-13)12-8-9-17(21)16(20)10-12;2*2-1(3)4;;/h3-4,6-11H,2,5H2,1H3,(H2,22,23,24);2*(H3,2,3,4);1H4;1H2. The lowest BCUT2D eigenvalue weighted by Crippen LogP contribution is -2.13. The van der Waals surface area contributed by atoms with E-state index in [0.717, 1.165) is 6.42 Å². The van der Waals surface area contributed by atoms with Crippen LogP contribution in [-0.4, -0.2) is 34.5 Å². The smallest absolute Gasteiger partial charge is 0.251 e. The van der Waals surface area contributed by atoms with Gasteiger partial charge in [0.25, 0.3) is 10.3 Å². The number of hydrogen-bond donors (Lipinski definition) is 5. The molecule has 1 heterocycles. The van der Waals surface area contributed by atoms with E-state index in [4.69, 9.17) is 31.4 Å². The van der Waals surface area contributed by atoms with Gasteiger partial charge in [0, 0.05) is 23.1 Å². The van der Waals surface area contributed by atoms with E-state index in [1.165, 1.54) is 18.2 Å². The molecule has 0 amide bonds. The molecule has 0 radical (unpaired) electrons. The fourth-order valence-electron chi connectivity index (χ4n) is 2.80. The Bertz CT molecular complexity index is 1250. The Balaban J connectivity index is 0. The number of benzene rings is 2. The average molecular weight is 582 g/mol. The molecule has 0 bridgehead atoms. The van der Waals surface area contributed by atoms with Crippen LogP contribution < -0.4 is 16.6 Å². The second-order valence-electron chi connectivity index (χ2n) is 6.55. The van der Waals surface area contributed by atoms with E-state index in [2.05, 4.69) is 35.9 Å². The van der Waals surface area contributed by atoms with Crippen molar-refractivity contribution in [3.05, 3.63) is 65.1 Å². The van der Waals surface area contributed by atoms with Crippen molar-refractivity contribution in [2.24, 2.45) is 16.6 Å². The Kier molecular flexibility index (Phi) is 15.7. The van der Waals surface area contributed by atoms with Gasteiger partial charge in [0.15, 0.2) is 0 Å². The van der Waals surface area contributed by atoms with Gasteiger partial charge >= 0.3 is 0 Å². The molecular formula is C22H29ClFN3O6S3. The molecule has 14 heteroatoms. The summed E-state index contributed by atoms with van der Waals surface area (Å²) < 4.78 is 43.4. The highest BCUT2D eigenvalue weighted by Crippen LogP contribution is 2.39. The molecule has 0 aliphatic carbocycles. The van der Waals surface area contributed by atoms with E-state index in [1.54, 1.807) is 30.3 Å². The van der Waals surface area contributed by atoms with Crippen LogP contribution >= 0.6 is 36.0 Å². The number of aryl methyl sites for hydroxylation is 1. The first-order valence-corrected chi connectivity index (χ1v) is 12.2. The summed E-state index contributed by atoms with van der Waals surface area (Å²) in [6, 6.07) is 12.5. The molecule has 3 rings (SSSR count). The van der Waals surface area contributed by atoms with Crippen molar-refractivity contribution < 1.29 is 32.9 Å². The molecule has 0 fully saturated rings. The van der Waals surface area contributed by atoms with Gasteiger partial charge in [-0.05, 0) is 61.2 Å². The molecule has 1 aromatic heterocycles. The van der Waals surface area contributed by atoms with Crippen LogP contribution in [-0.2, 0) is 16.4 Å². The molecule has 3 aromatic rings. The Morgan fingerprint density at radius 3 is 2.06 bits per heavy atom. The first kappa shape index (κ1) is 35.4. The third kappa shape index (κ3) is 11.3. The zero-order valence-electron chi connectivity index (χ0n) is 18.4. The largest absolute Gasteiger partial charge is 0.487 e. The maximum Gasteiger partial charge on any atom is 0.251 e. The Morgan fingerprint density at radius 1 is 1.06 bits per heavy atom. The van der Waals surface area contributed by atoms with E-state index in [-0.39, 0.29) is 22.8 Å². The molecule has 0 unspecified atom stereocenters. The van der Waals surface area contributed by atoms with E-state index < -0.39 is 26.2 Å². The fourth-order valence-corrected chi connectivity index (χ4v) is 3.73. The lowest BCUT2D eigenvalue weighted by Gasteiger charge is -2.08. The van der Waals surface area contributed by atoms with Crippen LogP contribution in [0.3, 0.4) is 0 Å². The second-order valence-corrected chi connectivity index (χ2v) is 9.33. The minimum absolute atomic E-state index is 0. The predicted octanol–water partition coefficient (Wildman–Crippen LogP) is 4.39. The van der Waals surface area contributed by atoms with Crippen molar-refractivity contribution in [1.82, 2.24) is 0 Å². The van der Waals surface area contributed by atoms with Gasteiger partial charge in [0.2, 0.25) is 10.0 Å². The van der Waals surface area contributed by atoms with E-state index in [1.807, 2.05) is 6.92 Å². The van der Waals surface area contributed by atoms with Crippen molar-refractivity contribution >= 4 is 56.4 Å². The molecule has 0 saturated carbocycles. The highest BCUT2D eigenvalue weighted by atomic mass is 35.5. The predicted molar refractivity (Wildman–Crippen MR) is 149 cm³/mol. The number of rotatable bonds is 5. The van der Waals surface area contributed by atoms with Crippen LogP contribution in [0.4, 0.5) is 4.39 Å². The van der Waals surface area contributed by atoms with Gasteiger partial charge < -0.3 is 31.6 Å². The van der Waals surface area contributed by atoms with Crippen molar-refractivity contribution in [2.45, 2.75) is 32.1 Å². The van der Waals surface area contributed by atoms with Crippen LogP contribution in [0.25, 0.3) is 22.5 Å². The molecule has 0 saturated heterocycles. The van der Waals surface area contributed by atoms with E-state index >= 15 is 0 Å². The summed E-state index contributed by atoms with van der Waals surface area (Å²) in [5.74, 6) is 0.580. The highest BCUT2D eigenvalue weighted by molar-refractivity contribution is 7.89. The van der Waals surface area contributed by atoms with Crippen LogP contribution in [0.1, 0.15) is 26.5 Å². The number of hydrogen-bond acceptors (Lipinski definition) is 5. The SMILES string of the molecule is C.CCCc1cc(-c2ccccc2S(N)(=O)=O)c(-c2ccc(F)c(Cl)c2)o1.NC(O)=S.NC(O)=S.O. The van der Waals surface area contributed by atoms with E-state index in [9.17, 15) is 12.8 Å². The summed E-state index contributed by atoms with van der Waals surface area (Å²) in [5, 5.41) is 19.5. The molecule has 0 spiro atoms. The minimum Gasteiger partial charge on any atom is -0.487 e. The fraction of sp³-hybridized carbons (Fsp3) is 0.182. The zero-order valence-corrected chi connectivity index (χ0v) is 21.6. The van der Waals surface area contributed by atoms with Crippen LogP contribution in [0.15, 0.2) is 57.8 Å². The summed E-state index contributed by atoms with van der Waals surface area (Å²) in [5.41, 5.74) is 10.3. The lowest BCUT2D eigenvalue weighted by molar-refractivity contribution is 0.519. The van der Waals surface area contributed by atoms with Crippen LogP contribution in [0, 0.1) is 5.82 Å². The zero-order chi connectivity index (χ0) is 26.1. The Hall–Kier alpha value is -2.81. The van der Waals surface area contributed by atoms with Crippen molar-refractivity contribution in [3.8, 4) is 22.5 Å². The van der Waals surface area contributed by atoms with Gasteiger partial charge in [-0.2, -0.15) is 0 Å². The number of nitrogens with two attached hydrogens (primary N) is 3. The summed E-state index contributed by atoms with van der Waals surface area (Å²) in [7, 11) is -3.93. The number of primary sulfonamides is 1. The summed E-state index contributed by atoms with van der Waals surface area (Å²) in [4.78, 5) is -0.00157. The first-order valence-electron chi connectivity index (χ1n) is 9.45. The summed E-state index contributed by atoms with van der Waals surface area (Å²) in [6.45, 7) is 2.01. The van der Waals surface area contributed by atoms with Gasteiger partial charge in [0.05, 0.1) is 9.92 Å². The third-order valence-electron chi connectivity index (χ3n) is 3.95. The molecular weight excluding hydrogens is 553 g/mol. The van der Waals surface area contributed by atoms with Gasteiger partial charge in [-0.25, -0.2) is 17.9 Å². The Morgan fingerprint density at radius 2 is 1.58 bits per heavy atom. The van der Waals surface area contributed by atoms with E-state index in [0.29, 0.717) is 34.6 Å². The third-order valence-corrected chi connectivity index (χ3v) is 5.20. The summed E-state index contributed by atoms with van der Waals surface area (Å²) in [6.07, 6.45) is 1.53. The minimum atomic E-state index is -3.93. The molecule has 0 atom stereocenters. The monoisotopic (exact) mass is 581 g/mol. The van der Waals surface area contributed by atoms with Gasteiger partial charge in [-0.3, -0.25) is 0 Å². The maximum atomic E-state index is 13.5. The number of furan rings is 1. The van der Waals surface area contributed by atoms with Crippen LogP contribution in [0.5, 0.6) is 0 Å². The van der Waals surface area contributed by atoms with Gasteiger partial charge in [-0.15, -0.1) is 0 Å². The molecule has 9 nitrogen and oxygen atoms in total. The van der Waals surface area contributed by atoms with Crippen LogP contribution in [0.2, 0.25) is 5.02 Å². The molecule has 2 aromatic carbocycles. The second kappa shape index (κ2) is 16.0. The Labute approximate surface area is 225 Å². The van der Waals surface area contributed by atoms with Crippen molar-refractivity contribution in [3.63, 3.8) is 0 Å². The number of aliphatic hydroxyl groups is 2. The molecule has 0 aliphatic heterocycles. The first-order chi connectivity index (χ1) is 15.8. The number of aliphatic hydroxyl groups excluding tert-OH is 2. The topological polar surface area (TPSA) is 197 Å². The normalized spacial score (nSPS) is 9.78. The number of sulfonamides is 1. The highest BCUT2D eigenvalue weighted by Gasteiger charge is 2.21. The average Bonchev–Trinajstić information content (AvgIpc) is 3.13. The van der Waals surface area contributed by atoms with Gasteiger partial charge in [-0.1, -0.05) is 44.2 Å². The maximum absolute atomic E-state index is 13.5.